The minimum absolute atomic E-state index is 0.0524. The van der Waals surface area contributed by atoms with Gasteiger partial charge in [-0.25, -0.2) is 4.79 Å². The molecule has 9 rings (SSSR count). The summed E-state index contributed by atoms with van der Waals surface area (Å²) in [7, 11) is 0. The highest BCUT2D eigenvalue weighted by molar-refractivity contribution is 5.89. The lowest BCUT2D eigenvalue weighted by molar-refractivity contribution is -0.388. The van der Waals surface area contributed by atoms with E-state index >= 15 is 0 Å². The van der Waals surface area contributed by atoms with Crippen LogP contribution < -0.4 is 14.9 Å². The summed E-state index contributed by atoms with van der Waals surface area (Å²) in [6.45, 7) is 0.221. The molecule has 0 aliphatic carbocycles. The van der Waals surface area contributed by atoms with E-state index in [9.17, 15) is 102 Å². The van der Waals surface area contributed by atoms with E-state index in [-0.39, 0.29) is 5.75 Å². The molecular weight excluding hydrogens is 1150 g/mol. The molecule has 0 bridgehead atoms. The number of hydrogen-bond acceptors (Lipinski definition) is 32. The molecule has 24 atom stereocenters. The molecule has 4 aromatic rings. The number of aliphatic hydroxyl groups excluding tert-OH is 13. The van der Waals surface area contributed by atoms with Gasteiger partial charge in [0.15, 0.2) is 42.2 Å². The van der Waals surface area contributed by atoms with Crippen molar-refractivity contribution in [2.45, 2.75) is 161 Å². The van der Waals surface area contributed by atoms with Gasteiger partial charge in [0.1, 0.15) is 132 Å². The van der Waals surface area contributed by atoms with Gasteiger partial charge in [0, 0.05) is 23.8 Å². The van der Waals surface area contributed by atoms with Gasteiger partial charge < -0.3 is 148 Å². The Hall–Kier alpha value is -6.16. The largest absolute Gasteiger partial charge is 0.508 e. The van der Waals surface area contributed by atoms with E-state index in [4.69, 9.17) is 56.5 Å². The fourth-order valence-corrected chi connectivity index (χ4v) is 9.93. The average Bonchev–Trinajstić information content (AvgIpc) is 2.62. The summed E-state index contributed by atoms with van der Waals surface area (Å²) in [6.07, 6.45) is -42.6. The Bertz CT molecular complexity index is 3030. The molecule has 18 N–H and O–H groups in total. The minimum atomic E-state index is -2.23. The molecule has 0 amide bonds. The predicted octanol–water partition coefficient (Wildman–Crippen LogP) is -5.22. The lowest BCUT2D eigenvalue weighted by Gasteiger charge is -2.48. The Morgan fingerprint density at radius 3 is 1.75 bits per heavy atom. The van der Waals surface area contributed by atoms with E-state index in [0.29, 0.717) is 5.56 Å². The van der Waals surface area contributed by atoms with Crippen LogP contribution in [-0.2, 0) is 47.4 Å². The number of aliphatic hydroxyl groups is 13. The van der Waals surface area contributed by atoms with Crippen molar-refractivity contribution in [2.75, 3.05) is 19.8 Å². The molecule has 6 heterocycles. The molecular formula is C53H64O32. The van der Waals surface area contributed by atoms with Crippen LogP contribution in [0.25, 0.3) is 28.4 Å². The molecule has 468 valence electrons. The average molecular weight is 1210 g/mol. The van der Waals surface area contributed by atoms with Gasteiger partial charge in [-0.2, -0.15) is 0 Å². The highest BCUT2D eigenvalue weighted by Crippen LogP contribution is 2.45. The third kappa shape index (κ3) is 13.1. The van der Waals surface area contributed by atoms with E-state index in [2.05, 4.69) is 0 Å². The van der Waals surface area contributed by atoms with Gasteiger partial charge in [-0.1, -0.05) is 12.1 Å². The number of rotatable bonds is 16. The van der Waals surface area contributed by atoms with Gasteiger partial charge in [-0.3, -0.25) is 4.79 Å². The molecule has 0 saturated carbocycles. The molecule has 1 aromatic heterocycles. The third-order valence-corrected chi connectivity index (χ3v) is 14.8. The van der Waals surface area contributed by atoms with Gasteiger partial charge in [0.2, 0.25) is 29.5 Å². The maximum absolute atomic E-state index is 14.7. The second-order valence-corrected chi connectivity index (χ2v) is 20.7. The van der Waals surface area contributed by atoms with Crippen LogP contribution in [0.15, 0.2) is 63.8 Å². The number of fused-ring (bicyclic) bond motifs is 1. The summed E-state index contributed by atoms with van der Waals surface area (Å²) in [5.41, 5.74) is -1.83. The zero-order valence-corrected chi connectivity index (χ0v) is 44.5. The van der Waals surface area contributed by atoms with Crippen LogP contribution in [0.1, 0.15) is 19.4 Å². The van der Waals surface area contributed by atoms with Crippen LogP contribution >= 0.6 is 0 Å². The zero-order valence-electron chi connectivity index (χ0n) is 44.5. The van der Waals surface area contributed by atoms with Crippen molar-refractivity contribution in [3.05, 3.63) is 70.4 Å². The first-order valence-electron chi connectivity index (χ1n) is 26.3. The van der Waals surface area contributed by atoms with Gasteiger partial charge in [0.25, 0.3) is 0 Å². The lowest BCUT2D eigenvalue weighted by Crippen LogP contribution is -2.67. The van der Waals surface area contributed by atoms with Crippen molar-refractivity contribution >= 4 is 23.0 Å². The van der Waals surface area contributed by atoms with Crippen molar-refractivity contribution in [3.63, 3.8) is 0 Å². The first-order chi connectivity index (χ1) is 40.3. The predicted molar refractivity (Wildman–Crippen MR) is 273 cm³/mol. The van der Waals surface area contributed by atoms with Crippen molar-refractivity contribution in [3.8, 4) is 51.6 Å². The van der Waals surface area contributed by atoms with Crippen molar-refractivity contribution in [1.82, 2.24) is 0 Å². The number of phenolic OH excluding ortho intramolecular Hbond substituents is 5. The van der Waals surface area contributed by atoms with Crippen LogP contribution in [0.3, 0.4) is 0 Å². The molecule has 5 aliphatic heterocycles. The molecule has 32 nitrogen and oxygen atoms in total. The Balaban J connectivity index is 1.02. The maximum atomic E-state index is 14.7. The summed E-state index contributed by atoms with van der Waals surface area (Å²) in [5, 5.41) is 194. The fourth-order valence-electron chi connectivity index (χ4n) is 9.93. The molecule has 0 spiro atoms. The first-order valence-corrected chi connectivity index (χ1v) is 26.3. The molecule has 3 aromatic carbocycles. The smallest absolute Gasteiger partial charge is 0.330 e. The third-order valence-electron chi connectivity index (χ3n) is 14.8. The summed E-state index contributed by atoms with van der Waals surface area (Å²) < 4.78 is 68.9. The molecule has 5 fully saturated rings. The Morgan fingerprint density at radius 2 is 1.09 bits per heavy atom. The van der Waals surface area contributed by atoms with Crippen LogP contribution in [0.5, 0.6) is 40.2 Å². The van der Waals surface area contributed by atoms with Crippen molar-refractivity contribution in [1.29, 1.82) is 0 Å². The number of phenols is 5. The maximum Gasteiger partial charge on any atom is 0.330 e. The fraction of sp³-hybridized carbons (Fsp3) is 0.547. The topological polar surface area (TPSA) is 513 Å². The standard InChI is InChI=1S/C53H64O32/c1-16-31(61)37(67)42(72)50(76-16)80-28-15-75-49(41(71)35(28)65)82-45-23(58)9-19(10-24(45)59)44-46(36(66)30-22(57)11-21(56)12-25(30)78-44)83-52-47(39(69)32(62)17(2)77-52)85-53-48(84-51-43(73)38(68)33(63)26(13-54)79-51)40(70)34(64)27(81-53)14-74-29(60)8-5-18-3-6-20(55)7-4-18/h3-12,16-17,26-28,31-35,37-43,47-59,61-65,67-73H,13-15H2,1-2H3/t16?,17?,26?,27?,28-,31+,32+,33-,34-,35-,37+,38-,39+,40-,41?,42?,43?,47?,48?,49+,50+,51+,52+,53+/m1/s1. The summed E-state index contributed by atoms with van der Waals surface area (Å²) in [6, 6.07) is 8.91. The second-order valence-electron chi connectivity index (χ2n) is 20.7. The Morgan fingerprint density at radius 1 is 0.553 bits per heavy atom. The Kier molecular flexibility index (Phi) is 19.4. The van der Waals surface area contributed by atoms with Gasteiger partial charge in [-0.05, 0) is 49.8 Å². The number of benzene rings is 3. The summed E-state index contributed by atoms with van der Waals surface area (Å²) in [5.74, 6) is -7.11. The number of hydrogen-bond donors (Lipinski definition) is 18. The van der Waals surface area contributed by atoms with Crippen LogP contribution in [0.2, 0.25) is 0 Å². The molecule has 5 aliphatic rings. The normalized spacial score (nSPS) is 38.1. The molecule has 9 unspecified atom stereocenters. The zero-order chi connectivity index (χ0) is 61.6. The van der Waals surface area contributed by atoms with Crippen LogP contribution in [-0.4, -0.2) is 265 Å². The lowest BCUT2D eigenvalue weighted by atomic mass is 9.96. The number of ether oxygens (including phenoxy) is 11. The number of aromatic hydroxyl groups is 5. The van der Waals surface area contributed by atoms with Crippen LogP contribution in [0, 0.1) is 0 Å². The van der Waals surface area contributed by atoms with Crippen molar-refractivity contribution in [2.24, 2.45) is 0 Å². The van der Waals surface area contributed by atoms with E-state index in [1.54, 1.807) is 0 Å². The second kappa shape index (κ2) is 26.0. The first kappa shape index (κ1) is 63.3. The highest BCUT2D eigenvalue weighted by atomic mass is 16.8. The summed E-state index contributed by atoms with van der Waals surface area (Å²) in [4.78, 5) is 27.6. The number of carbonyl (C=O) groups excluding carboxylic acids is 1. The van der Waals surface area contributed by atoms with E-state index in [1.807, 2.05) is 0 Å². The summed E-state index contributed by atoms with van der Waals surface area (Å²) >= 11 is 0. The monoisotopic (exact) mass is 1210 g/mol. The minimum Gasteiger partial charge on any atom is -0.508 e. The van der Waals surface area contributed by atoms with Gasteiger partial charge in [-0.15, -0.1) is 0 Å². The molecule has 85 heavy (non-hydrogen) atoms. The van der Waals surface area contributed by atoms with Crippen LogP contribution in [0.4, 0.5) is 0 Å². The van der Waals surface area contributed by atoms with Gasteiger partial charge >= 0.3 is 5.97 Å². The van der Waals surface area contributed by atoms with E-state index in [1.165, 1.54) is 44.2 Å². The molecule has 0 radical (unpaired) electrons. The molecule has 32 heteroatoms. The van der Waals surface area contributed by atoms with Crippen molar-refractivity contribution < 1.29 is 153 Å². The van der Waals surface area contributed by atoms with E-state index in [0.717, 1.165) is 30.3 Å². The number of carbonyl (C=O) groups is 1. The van der Waals surface area contributed by atoms with E-state index < -0.39 is 235 Å². The Labute approximate surface area is 478 Å². The van der Waals surface area contributed by atoms with Gasteiger partial charge in [0.05, 0.1) is 25.4 Å². The number of esters is 1. The quantitative estimate of drug-likeness (QED) is 0.0368. The SMILES string of the molecule is CC1O[C@@H](O[C@@H]2CO[C@@H](Oc3c(O)cc(-c4oc5cc(O)cc(O)c5c(=O)c4O[C@@H]4OC(C)[C@H](O)[C@H](O)C4O[C@@H]4OC(COC(=O)C=Cc5ccc(O)cc5)[C@@H](O)[C@@H](O)C4O[C@@H]4OC(CO)[C@@H](O)[C@@H](O)C4O)cc3O)C(O)[C@@H]2O)C(O)[C@@H](O)[C@H]1O. The highest BCUT2D eigenvalue weighted by Gasteiger charge is 2.55. The molecule has 5 saturated heterocycles.